The number of benzene rings is 3. The lowest BCUT2D eigenvalue weighted by atomic mass is 10.1. The average Bonchev–Trinajstić information content (AvgIpc) is 3.10. The fraction of sp³-hybridized carbons (Fsp3) is 0. The van der Waals surface area contributed by atoms with Crippen LogP contribution in [0.3, 0.4) is 0 Å². The monoisotopic (exact) mass is 349 g/mol. The van der Waals surface area contributed by atoms with E-state index in [1.54, 1.807) is 36.4 Å². The van der Waals surface area contributed by atoms with Crippen molar-refractivity contribution in [2.75, 3.05) is 4.72 Å². The molecule has 0 saturated carbocycles. The number of hydrogen-bond acceptors (Lipinski definition) is 3. The van der Waals surface area contributed by atoms with Gasteiger partial charge in [-0.15, -0.1) is 0 Å². The second-order valence-electron chi connectivity index (χ2n) is 5.65. The Balaban J connectivity index is 1.63. The minimum absolute atomic E-state index is 0.199. The number of H-pyrrole nitrogens is 1. The molecule has 0 aliphatic rings. The third-order valence-electron chi connectivity index (χ3n) is 3.93. The summed E-state index contributed by atoms with van der Waals surface area (Å²) in [6.07, 6.45) is 0. The average molecular weight is 349 g/mol. The molecule has 2 N–H and O–H groups in total. The van der Waals surface area contributed by atoms with Gasteiger partial charge in [-0.3, -0.25) is 9.82 Å². The van der Waals surface area contributed by atoms with Crippen molar-refractivity contribution in [1.29, 1.82) is 0 Å². The molecule has 3 aromatic carbocycles. The van der Waals surface area contributed by atoms with Crippen LogP contribution < -0.4 is 4.72 Å². The van der Waals surface area contributed by atoms with Crippen LogP contribution in [-0.4, -0.2) is 18.6 Å². The normalized spacial score (nSPS) is 11.5. The quantitative estimate of drug-likeness (QED) is 0.584. The Morgan fingerprint density at radius 1 is 0.800 bits per heavy atom. The predicted octanol–water partition coefficient (Wildman–Crippen LogP) is 4.03. The van der Waals surface area contributed by atoms with Crippen LogP contribution in [0.2, 0.25) is 0 Å². The lowest BCUT2D eigenvalue weighted by Gasteiger charge is -2.04. The molecule has 1 heterocycles. The Hall–Kier alpha value is -3.12. The lowest BCUT2D eigenvalue weighted by molar-refractivity contribution is 0.601. The molecule has 124 valence electrons. The Bertz CT molecular complexity index is 1140. The molecule has 4 aromatic rings. The van der Waals surface area contributed by atoms with E-state index in [0.717, 1.165) is 22.0 Å². The molecule has 0 spiro atoms. The number of fused-ring (bicyclic) bond motifs is 1. The number of nitrogens with one attached hydrogen (secondary N) is 2. The summed E-state index contributed by atoms with van der Waals surface area (Å²) >= 11 is 0. The Labute approximate surface area is 145 Å². The van der Waals surface area contributed by atoms with Gasteiger partial charge in [0.15, 0.2) is 5.82 Å². The number of anilines is 1. The van der Waals surface area contributed by atoms with E-state index in [1.807, 2.05) is 42.5 Å². The van der Waals surface area contributed by atoms with Crippen molar-refractivity contribution < 1.29 is 8.42 Å². The maximum atomic E-state index is 12.4. The van der Waals surface area contributed by atoms with E-state index in [1.165, 1.54) is 0 Å². The summed E-state index contributed by atoms with van der Waals surface area (Å²) in [6.45, 7) is 0. The number of aromatic amines is 1. The summed E-state index contributed by atoms with van der Waals surface area (Å²) in [6, 6.07) is 24.0. The first-order valence-corrected chi connectivity index (χ1v) is 9.23. The molecule has 0 aliphatic carbocycles. The fourth-order valence-electron chi connectivity index (χ4n) is 2.67. The highest BCUT2D eigenvalue weighted by molar-refractivity contribution is 7.92. The van der Waals surface area contributed by atoms with Crippen LogP contribution in [0, 0.1) is 0 Å². The molecule has 5 nitrogen and oxygen atoms in total. The van der Waals surface area contributed by atoms with Crippen molar-refractivity contribution in [3.05, 3.63) is 78.9 Å². The van der Waals surface area contributed by atoms with Gasteiger partial charge in [-0.05, 0) is 29.0 Å². The van der Waals surface area contributed by atoms with Crippen molar-refractivity contribution in [3.63, 3.8) is 0 Å². The van der Waals surface area contributed by atoms with Gasteiger partial charge in [0.05, 0.1) is 10.6 Å². The molecule has 1 aromatic heterocycles. The van der Waals surface area contributed by atoms with E-state index in [-0.39, 0.29) is 10.7 Å². The highest BCUT2D eigenvalue weighted by atomic mass is 32.2. The second kappa shape index (κ2) is 6.07. The van der Waals surface area contributed by atoms with Gasteiger partial charge in [0.25, 0.3) is 10.0 Å². The first kappa shape index (κ1) is 15.4. The zero-order valence-corrected chi connectivity index (χ0v) is 14.0. The molecular formula is C19H15N3O2S. The summed E-state index contributed by atoms with van der Waals surface area (Å²) in [5.41, 5.74) is 1.69. The van der Waals surface area contributed by atoms with Crippen molar-refractivity contribution in [1.82, 2.24) is 10.2 Å². The zero-order valence-electron chi connectivity index (χ0n) is 13.2. The van der Waals surface area contributed by atoms with Gasteiger partial charge in [0.2, 0.25) is 0 Å². The molecule has 25 heavy (non-hydrogen) atoms. The van der Waals surface area contributed by atoms with Crippen LogP contribution in [-0.2, 0) is 10.0 Å². The molecule has 0 bridgehead atoms. The molecule has 0 aliphatic heterocycles. The SMILES string of the molecule is O=S(=O)(Nc1cc(-c2ccc3ccccc3c2)[nH]n1)c1ccccc1. The summed E-state index contributed by atoms with van der Waals surface area (Å²) in [5.74, 6) is 0.256. The summed E-state index contributed by atoms with van der Waals surface area (Å²) in [5, 5.41) is 9.21. The predicted molar refractivity (Wildman–Crippen MR) is 98.8 cm³/mol. The maximum Gasteiger partial charge on any atom is 0.263 e. The first-order valence-electron chi connectivity index (χ1n) is 7.74. The highest BCUT2D eigenvalue weighted by Crippen LogP contribution is 2.25. The first-order chi connectivity index (χ1) is 12.1. The molecule has 0 atom stereocenters. The van der Waals surface area contributed by atoms with E-state index in [9.17, 15) is 8.42 Å². The standard InChI is InChI=1S/C19H15N3O2S/c23-25(24,17-8-2-1-3-9-17)22-19-13-18(20-21-19)16-11-10-14-6-4-5-7-15(14)12-16/h1-13H,(H2,20,21,22). The fourth-order valence-corrected chi connectivity index (χ4v) is 3.69. The van der Waals surface area contributed by atoms with Gasteiger partial charge >= 0.3 is 0 Å². The van der Waals surface area contributed by atoms with Gasteiger partial charge in [-0.25, -0.2) is 8.42 Å². The minimum atomic E-state index is -3.65. The molecule has 0 fully saturated rings. The maximum absolute atomic E-state index is 12.4. The Morgan fingerprint density at radius 3 is 2.32 bits per heavy atom. The zero-order chi connectivity index (χ0) is 17.3. The van der Waals surface area contributed by atoms with Crippen LogP contribution >= 0.6 is 0 Å². The highest BCUT2D eigenvalue weighted by Gasteiger charge is 2.15. The van der Waals surface area contributed by atoms with Crippen LogP contribution in [0.25, 0.3) is 22.0 Å². The molecule has 0 saturated heterocycles. The van der Waals surface area contributed by atoms with E-state index in [2.05, 4.69) is 14.9 Å². The number of sulfonamides is 1. The molecular weight excluding hydrogens is 334 g/mol. The lowest BCUT2D eigenvalue weighted by Crippen LogP contribution is -2.12. The summed E-state index contributed by atoms with van der Waals surface area (Å²) in [4.78, 5) is 0.199. The van der Waals surface area contributed by atoms with Crippen LogP contribution in [0.5, 0.6) is 0 Å². The number of nitrogens with zero attached hydrogens (tertiary/aromatic N) is 1. The minimum Gasteiger partial charge on any atom is -0.276 e. The van der Waals surface area contributed by atoms with E-state index >= 15 is 0 Å². The molecule has 0 radical (unpaired) electrons. The van der Waals surface area contributed by atoms with Crippen LogP contribution in [0.15, 0.2) is 83.8 Å². The second-order valence-corrected chi connectivity index (χ2v) is 7.33. The molecule has 0 unspecified atom stereocenters. The smallest absolute Gasteiger partial charge is 0.263 e. The molecule has 4 rings (SSSR count). The molecule has 0 amide bonds. The molecule has 6 heteroatoms. The van der Waals surface area contributed by atoms with Crippen molar-refractivity contribution in [2.24, 2.45) is 0 Å². The largest absolute Gasteiger partial charge is 0.276 e. The van der Waals surface area contributed by atoms with Gasteiger partial charge in [0.1, 0.15) is 0 Å². The van der Waals surface area contributed by atoms with Crippen molar-refractivity contribution >= 4 is 26.6 Å². The van der Waals surface area contributed by atoms with Gasteiger partial charge in [-0.1, -0.05) is 54.6 Å². The van der Waals surface area contributed by atoms with E-state index in [0.29, 0.717) is 0 Å². The number of hydrogen-bond donors (Lipinski definition) is 2. The van der Waals surface area contributed by atoms with Gasteiger partial charge in [0, 0.05) is 11.6 Å². The number of aromatic nitrogens is 2. The summed E-state index contributed by atoms with van der Waals surface area (Å²) < 4.78 is 27.2. The van der Waals surface area contributed by atoms with E-state index in [4.69, 9.17) is 0 Å². The topological polar surface area (TPSA) is 74.8 Å². The third kappa shape index (κ3) is 3.12. The van der Waals surface area contributed by atoms with Crippen molar-refractivity contribution in [2.45, 2.75) is 4.90 Å². The van der Waals surface area contributed by atoms with Gasteiger partial charge < -0.3 is 0 Å². The number of rotatable bonds is 4. The third-order valence-corrected chi connectivity index (χ3v) is 5.30. The van der Waals surface area contributed by atoms with Crippen molar-refractivity contribution in [3.8, 4) is 11.3 Å². The Kier molecular flexibility index (Phi) is 3.74. The van der Waals surface area contributed by atoms with Crippen LogP contribution in [0.1, 0.15) is 0 Å². The van der Waals surface area contributed by atoms with Crippen LogP contribution in [0.4, 0.5) is 5.82 Å². The van der Waals surface area contributed by atoms with Gasteiger partial charge in [-0.2, -0.15) is 5.10 Å². The summed E-state index contributed by atoms with van der Waals surface area (Å²) in [7, 11) is -3.65. The Morgan fingerprint density at radius 2 is 1.52 bits per heavy atom. The van der Waals surface area contributed by atoms with E-state index < -0.39 is 10.0 Å².